The largest absolute Gasteiger partial charge is 0.380 e. The lowest BCUT2D eigenvalue weighted by Gasteiger charge is -2.42. The van der Waals surface area contributed by atoms with Gasteiger partial charge < -0.3 is 16.4 Å². The number of amides is 1. The van der Waals surface area contributed by atoms with Crippen LogP contribution in [0.5, 0.6) is 0 Å². The fourth-order valence-corrected chi connectivity index (χ4v) is 6.02. The first kappa shape index (κ1) is 22.5. The van der Waals surface area contributed by atoms with Crippen molar-refractivity contribution in [2.75, 3.05) is 23.7 Å². The molecule has 5 N–H and O–H groups in total. The lowest BCUT2D eigenvalue weighted by Crippen LogP contribution is -2.48. The van der Waals surface area contributed by atoms with Gasteiger partial charge in [0.25, 0.3) is 0 Å². The summed E-state index contributed by atoms with van der Waals surface area (Å²) in [7, 11) is -3.77. The number of sulfonamides is 1. The fraction of sp³-hybridized carbons (Fsp3) is 0.455. The second-order valence-electron chi connectivity index (χ2n) is 8.61. The van der Waals surface area contributed by atoms with Gasteiger partial charge in [-0.3, -0.25) is 4.79 Å². The van der Waals surface area contributed by atoms with Crippen LogP contribution >= 0.6 is 0 Å². The number of nitrogens with two attached hydrogens (primary N) is 1. The first-order valence-corrected chi connectivity index (χ1v) is 12.2. The third-order valence-electron chi connectivity index (χ3n) is 6.80. The number of nitrogens with one attached hydrogen (secondary N) is 3. The number of pyridine rings is 1. The lowest BCUT2D eigenvalue weighted by molar-refractivity contribution is -0.131. The average molecular weight is 462 g/mol. The Bertz CT molecular complexity index is 1100. The summed E-state index contributed by atoms with van der Waals surface area (Å²) >= 11 is 0. The van der Waals surface area contributed by atoms with Crippen LogP contribution in [0, 0.1) is 11.2 Å². The number of carbonyl (C=O) groups excluding carboxylic acids is 1. The van der Waals surface area contributed by atoms with E-state index in [-0.39, 0.29) is 22.7 Å². The minimum Gasteiger partial charge on any atom is -0.380 e. The third-order valence-corrected chi connectivity index (χ3v) is 8.28. The van der Waals surface area contributed by atoms with Crippen LogP contribution < -0.4 is 21.1 Å². The molecule has 2 heterocycles. The van der Waals surface area contributed by atoms with E-state index >= 15 is 0 Å². The van der Waals surface area contributed by atoms with Crippen LogP contribution in [0.1, 0.15) is 44.1 Å². The van der Waals surface area contributed by atoms with Crippen molar-refractivity contribution in [1.29, 1.82) is 0 Å². The van der Waals surface area contributed by atoms with Crippen LogP contribution in [0.25, 0.3) is 0 Å². The Kier molecular flexibility index (Phi) is 6.09. The number of aromatic nitrogens is 1. The number of nitrogens with zero attached hydrogens (tertiary/aromatic N) is 1. The van der Waals surface area contributed by atoms with Crippen molar-refractivity contribution in [1.82, 2.24) is 9.71 Å². The van der Waals surface area contributed by atoms with Gasteiger partial charge in [0, 0.05) is 25.3 Å². The molecule has 0 radical (unpaired) electrons. The zero-order valence-electron chi connectivity index (χ0n) is 17.9. The maximum Gasteiger partial charge on any atom is 0.242 e. The van der Waals surface area contributed by atoms with E-state index in [4.69, 9.17) is 5.73 Å². The van der Waals surface area contributed by atoms with Gasteiger partial charge in [-0.1, -0.05) is 19.1 Å². The van der Waals surface area contributed by atoms with Gasteiger partial charge in [0.15, 0.2) is 0 Å². The Morgan fingerprint density at radius 2 is 1.88 bits per heavy atom. The molecule has 1 amide bonds. The molecule has 0 unspecified atom stereocenters. The zero-order valence-corrected chi connectivity index (χ0v) is 18.7. The van der Waals surface area contributed by atoms with E-state index in [0.29, 0.717) is 43.7 Å². The molecule has 0 bridgehead atoms. The topological polar surface area (TPSA) is 126 Å². The van der Waals surface area contributed by atoms with E-state index in [1.807, 2.05) is 6.92 Å². The van der Waals surface area contributed by atoms with E-state index in [1.165, 1.54) is 18.3 Å². The highest BCUT2D eigenvalue weighted by molar-refractivity contribution is 7.89. The SMILES string of the molecule is C[C@H](c1ccc(F)cc1)C1(C(N)=O)CCC(NS(=O)(=O)c2cnc3c(c2)NCCN3)CC1. The number of anilines is 2. The van der Waals surface area contributed by atoms with Gasteiger partial charge >= 0.3 is 0 Å². The number of benzene rings is 1. The molecule has 8 nitrogen and oxygen atoms in total. The minimum atomic E-state index is -3.77. The van der Waals surface area contributed by atoms with Crippen molar-refractivity contribution in [2.24, 2.45) is 11.1 Å². The Morgan fingerprint density at radius 3 is 2.53 bits per heavy atom. The Balaban J connectivity index is 1.47. The number of fused-ring (bicyclic) bond motifs is 1. The first-order valence-electron chi connectivity index (χ1n) is 10.8. The minimum absolute atomic E-state index is 0.0962. The normalized spacial score (nSPS) is 24.0. The molecule has 1 aromatic carbocycles. The highest BCUT2D eigenvalue weighted by Gasteiger charge is 2.45. The second-order valence-corrected chi connectivity index (χ2v) is 10.3. The maximum atomic E-state index is 13.3. The van der Waals surface area contributed by atoms with Gasteiger partial charge in [-0.2, -0.15) is 0 Å². The molecule has 10 heteroatoms. The van der Waals surface area contributed by atoms with Crippen LogP contribution in [0.3, 0.4) is 0 Å². The van der Waals surface area contributed by atoms with Crippen molar-refractivity contribution in [3.8, 4) is 0 Å². The van der Waals surface area contributed by atoms with Gasteiger partial charge in [-0.25, -0.2) is 22.5 Å². The molecule has 2 aromatic rings. The molecule has 1 fully saturated rings. The second kappa shape index (κ2) is 8.67. The van der Waals surface area contributed by atoms with E-state index < -0.39 is 21.3 Å². The predicted molar refractivity (Wildman–Crippen MR) is 120 cm³/mol. The van der Waals surface area contributed by atoms with Crippen molar-refractivity contribution < 1.29 is 17.6 Å². The molecule has 0 saturated heterocycles. The quantitative estimate of drug-likeness (QED) is 0.524. The standard InChI is InChI=1S/C22H28FN5O3S/c1-14(15-2-4-16(23)5-3-15)22(21(24)29)8-6-17(7-9-22)28-32(30,31)18-12-19-20(27-13-18)26-11-10-25-19/h2-5,12-14,17,25,28H,6-11H2,1H3,(H2,24,29)(H,26,27)/t14-,17?,22?/m1/s1. The monoisotopic (exact) mass is 461 g/mol. The summed E-state index contributed by atoms with van der Waals surface area (Å²) in [6, 6.07) is 7.35. The fourth-order valence-electron chi connectivity index (χ4n) is 4.75. The van der Waals surface area contributed by atoms with Crippen molar-refractivity contribution >= 4 is 27.4 Å². The summed E-state index contributed by atoms with van der Waals surface area (Å²) in [6.45, 7) is 3.34. The number of hydrogen-bond acceptors (Lipinski definition) is 6. The van der Waals surface area contributed by atoms with Crippen LogP contribution in [0.15, 0.2) is 41.4 Å². The number of hydrogen-bond donors (Lipinski definition) is 4. The number of carbonyl (C=O) groups is 1. The average Bonchev–Trinajstić information content (AvgIpc) is 2.79. The van der Waals surface area contributed by atoms with Gasteiger partial charge in [0.1, 0.15) is 16.5 Å². The Labute approximate surface area is 187 Å². The molecule has 1 aliphatic carbocycles. The molecule has 32 heavy (non-hydrogen) atoms. The van der Waals surface area contributed by atoms with Crippen LogP contribution in [0.4, 0.5) is 15.9 Å². The molecular formula is C22H28FN5O3S. The molecule has 172 valence electrons. The zero-order chi connectivity index (χ0) is 22.9. The molecule has 2 aliphatic rings. The molecule has 1 atom stereocenters. The van der Waals surface area contributed by atoms with Crippen LogP contribution in [-0.4, -0.2) is 38.4 Å². The lowest BCUT2D eigenvalue weighted by atomic mass is 9.63. The van der Waals surface area contributed by atoms with Gasteiger partial charge in [-0.05, 0) is 55.4 Å². The highest BCUT2D eigenvalue weighted by Crippen LogP contribution is 2.47. The molecule has 1 aliphatic heterocycles. The summed E-state index contributed by atoms with van der Waals surface area (Å²) in [5, 5.41) is 6.26. The summed E-state index contributed by atoms with van der Waals surface area (Å²) < 4.78 is 42.0. The van der Waals surface area contributed by atoms with E-state index in [2.05, 4.69) is 20.3 Å². The summed E-state index contributed by atoms with van der Waals surface area (Å²) in [5.74, 6) is -0.321. The van der Waals surface area contributed by atoms with Crippen LogP contribution in [0.2, 0.25) is 0 Å². The van der Waals surface area contributed by atoms with Crippen LogP contribution in [-0.2, 0) is 14.8 Å². The number of halogens is 1. The van der Waals surface area contributed by atoms with E-state index in [0.717, 1.165) is 12.1 Å². The predicted octanol–water partition coefficient (Wildman–Crippen LogP) is 2.55. The molecule has 1 saturated carbocycles. The summed E-state index contributed by atoms with van der Waals surface area (Å²) in [5.41, 5.74) is 6.52. The summed E-state index contributed by atoms with van der Waals surface area (Å²) in [6.07, 6.45) is 3.19. The molecular weight excluding hydrogens is 433 g/mol. The van der Waals surface area contributed by atoms with E-state index in [1.54, 1.807) is 18.2 Å². The third kappa shape index (κ3) is 4.29. The number of primary amides is 1. The summed E-state index contributed by atoms with van der Waals surface area (Å²) in [4.78, 5) is 16.8. The van der Waals surface area contributed by atoms with E-state index in [9.17, 15) is 17.6 Å². The number of rotatable bonds is 6. The van der Waals surface area contributed by atoms with Crippen molar-refractivity contribution in [2.45, 2.75) is 49.5 Å². The smallest absolute Gasteiger partial charge is 0.242 e. The molecule has 0 spiro atoms. The first-order chi connectivity index (χ1) is 15.2. The molecule has 1 aromatic heterocycles. The van der Waals surface area contributed by atoms with Gasteiger partial charge in [-0.15, -0.1) is 0 Å². The Hall–Kier alpha value is -2.72. The van der Waals surface area contributed by atoms with Crippen molar-refractivity contribution in [3.05, 3.63) is 47.9 Å². The highest BCUT2D eigenvalue weighted by atomic mass is 32.2. The van der Waals surface area contributed by atoms with Crippen molar-refractivity contribution in [3.63, 3.8) is 0 Å². The molecule has 4 rings (SSSR count). The van der Waals surface area contributed by atoms with Gasteiger partial charge in [0.05, 0.1) is 11.1 Å². The van der Waals surface area contributed by atoms with Gasteiger partial charge in [0.2, 0.25) is 15.9 Å². The maximum absolute atomic E-state index is 13.3. The Morgan fingerprint density at radius 1 is 1.22 bits per heavy atom.